The van der Waals surface area contributed by atoms with Crippen molar-refractivity contribution in [3.05, 3.63) is 5.69 Å². The molecule has 2 aromatic rings. The van der Waals surface area contributed by atoms with Gasteiger partial charge in [-0.25, -0.2) is 9.67 Å². The van der Waals surface area contributed by atoms with Gasteiger partial charge in [-0.05, 0) is 32.6 Å². The molecule has 6 nitrogen and oxygen atoms in total. The molecule has 2 fully saturated rings. The number of nitrogens with zero attached hydrogens (tertiary/aromatic N) is 5. The highest BCUT2D eigenvalue weighted by molar-refractivity contribution is 7.22. The highest BCUT2D eigenvalue weighted by Crippen LogP contribution is 2.34. The molecule has 7 heteroatoms. The molecule has 0 spiro atoms. The van der Waals surface area contributed by atoms with E-state index in [9.17, 15) is 0 Å². The fourth-order valence-corrected chi connectivity index (χ4v) is 5.04. The van der Waals surface area contributed by atoms with Crippen LogP contribution in [0.3, 0.4) is 0 Å². The maximum atomic E-state index is 5.46. The average Bonchev–Trinajstić information content (AvgIpc) is 3.16. The highest BCUT2D eigenvalue weighted by atomic mass is 32.1. The van der Waals surface area contributed by atoms with E-state index in [0.717, 1.165) is 44.2 Å². The van der Waals surface area contributed by atoms with E-state index in [2.05, 4.69) is 21.8 Å². The third kappa shape index (κ3) is 3.17. The number of aromatic nitrogens is 3. The summed E-state index contributed by atoms with van der Waals surface area (Å²) in [4.78, 5) is 10.0. The molecular formula is C17H27N5OS. The summed E-state index contributed by atoms with van der Waals surface area (Å²) < 4.78 is 8.62. The number of anilines is 1. The van der Waals surface area contributed by atoms with Gasteiger partial charge in [0.25, 0.3) is 0 Å². The third-order valence-electron chi connectivity index (χ3n) is 5.29. The van der Waals surface area contributed by atoms with E-state index in [0.29, 0.717) is 6.04 Å². The molecule has 0 saturated carbocycles. The summed E-state index contributed by atoms with van der Waals surface area (Å²) in [6, 6.07) is 0.621. The number of fused-ring (bicyclic) bond motifs is 1. The van der Waals surface area contributed by atoms with Gasteiger partial charge in [0.1, 0.15) is 0 Å². The van der Waals surface area contributed by atoms with Gasteiger partial charge in [0.05, 0.1) is 23.6 Å². The van der Waals surface area contributed by atoms with E-state index < -0.39 is 0 Å². The fraction of sp³-hybridized carbons (Fsp3) is 0.765. The SMILES string of the molecule is Cc1nn(C)c2nc(N3CCCC[C@@H]3CCN3CCOCC3)sc12. The maximum absolute atomic E-state index is 5.46. The Bertz CT molecular complexity index is 656. The minimum atomic E-state index is 0.621. The number of ether oxygens (including phenoxy) is 1. The second-order valence-corrected chi connectivity index (χ2v) is 7.92. The third-order valence-corrected chi connectivity index (χ3v) is 6.48. The molecular weight excluding hydrogens is 322 g/mol. The molecule has 4 rings (SSSR count). The van der Waals surface area contributed by atoms with Crippen molar-refractivity contribution in [2.75, 3.05) is 44.3 Å². The first-order valence-corrected chi connectivity index (χ1v) is 9.91. The minimum Gasteiger partial charge on any atom is -0.379 e. The van der Waals surface area contributed by atoms with Crippen molar-refractivity contribution in [2.45, 2.75) is 38.6 Å². The van der Waals surface area contributed by atoms with Crippen molar-refractivity contribution in [3.8, 4) is 0 Å². The Morgan fingerprint density at radius 1 is 1.21 bits per heavy atom. The minimum absolute atomic E-state index is 0.621. The average molecular weight is 350 g/mol. The zero-order chi connectivity index (χ0) is 16.5. The van der Waals surface area contributed by atoms with Crippen molar-refractivity contribution >= 4 is 26.8 Å². The first-order valence-electron chi connectivity index (χ1n) is 9.09. The predicted molar refractivity (Wildman–Crippen MR) is 98.0 cm³/mol. The van der Waals surface area contributed by atoms with Gasteiger partial charge < -0.3 is 9.64 Å². The van der Waals surface area contributed by atoms with E-state index in [1.54, 1.807) is 0 Å². The van der Waals surface area contributed by atoms with Crippen molar-refractivity contribution in [2.24, 2.45) is 7.05 Å². The van der Waals surface area contributed by atoms with Gasteiger partial charge >= 0.3 is 0 Å². The van der Waals surface area contributed by atoms with Crippen molar-refractivity contribution < 1.29 is 4.74 Å². The Kier molecular flexibility index (Phi) is 4.74. The molecule has 2 saturated heterocycles. The molecule has 0 aromatic carbocycles. The van der Waals surface area contributed by atoms with Gasteiger partial charge in [0, 0.05) is 39.3 Å². The molecule has 2 aliphatic rings. The zero-order valence-corrected chi connectivity index (χ0v) is 15.5. The van der Waals surface area contributed by atoms with Crippen LogP contribution in [-0.2, 0) is 11.8 Å². The van der Waals surface area contributed by atoms with Crippen LogP contribution in [-0.4, -0.2) is 65.1 Å². The molecule has 2 aliphatic heterocycles. The second kappa shape index (κ2) is 6.98. The Morgan fingerprint density at radius 3 is 2.83 bits per heavy atom. The summed E-state index contributed by atoms with van der Waals surface area (Å²) in [5.74, 6) is 0. The van der Waals surface area contributed by atoms with Gasteiger partial charge in [-0.2, -0.15) is 5.10 Å². The topological polar surface area (TPSA) is 46.4 Å². The van der Waals surface area contributed by atoms with Gasteiger partial charge in [-0.15, -0.1) is 0 Å². The van der Waals surface area contributed by atoms with E-state index in [-0.39, 0.29) is 0 Å². The van der Waals surface area contributed by atoms with E-state index in [1.165, 1.54) is 42.1 Å². The standard InChI is InChI=1S/C17H27N5OS/c1-13-15-16(20(2)19-13)18-17(24-15)22-7-4-3-5-14(22)6-8-21-9-11-23-12-10-21/h14H,3-12H2,1-2H3/t14-/m1/s1. The first kappa shape index (κ1) is 16.3. The Balaban J connectivity index is 1.48. The summed E-state index contributed by atoms with van der Waals surface area (Å²) >= 11 is 1.81. The van der Waals surface area contributed by atoms with Crippen LogP contribution in [0, 0.1) is 6.92 Å². The summed E-state index contributed by atoms with van der Waals surface area (Å²) in [6.07, 6.45) is 5.14. The molecule has 0 aliphatic carbocycles. The molecule has 4 heterocycles. The van der Waals surface area contributed by atoms with Gasteiger partial charge in [0.15, 0.2) is 10.8 Å². The van der Waals surface area contributed by atoms with E-state index in [1.807, 2.05) is 23.1 Å². The van der Waals surface area contributed by atoms with Gasteiger partial charge in [-0.3, -0.25) is 4.90 Å². The number of rotatable bonds is 4. The fourth-order valence-electron chi connectivity index (χ4n) is 3.91. The predicted octanol–water partition coefficient (Wildman–Crippen LogP) is 2.42. The zero-order valence-electron chi connectivity index (χ0n) is 14.7. The number of hydrogen-bond donors (Lipinski definition) is 0. The molecule has 0 N–H and O–H groups in total. The van der Waals surface area contributed by atoms with Crippen LogP contribution < -0.4 is 4.90 Å². The number of aryl methyl sites for hydroxylation is 2. The normalized spacial score (nSPS) is 23.2. The lowest BCUT2D eigenvalue weighted by molar-refractivity contribution is 0.0362. The van der Waals surface area contributed by atoms with Crippen LogP contribution in [0.25, 0.3) is 10.3 Å². The lowest BCUT2D eigenvalue weighted by Gasteiger charge is -2.37. The molecule has 2 aromatic heterocycles. The first-order chi connectivity index (χ1) is 11.7. The molecule has 24 heavy (non-hydrogen) atoms. The van der Waals surface area contributed by atoms with Crippen molar-refractivity contribution in [3.63, 3.8) is 0 Å². The number of morpholine rings is 1. The van der Waals surface area contributed by atoms with Crippen LogP contribution in [0.2, 0.25) is 0 Å². The maximum Gasteiger partial charge on any atom is 0.188 e. The number of thiazole rings is 1. The molecule has 0 amide bonds. The monoisotopic (exact) mass is 349 g/mol. The molecule has 0 unspecified atom stereocenters. The highest BCUT2D eigenvalue weighted by Gasteiger charge is 2.27. The van der Waals surface area contributed by atoms with Crippen LogP contribution >= 0.6 is 11.3 Å². The molecule has 0 bridgehead atoms. The smallest absolute Gasteiger partial charge is 0.188 e. The van der Waals surface area contributed by atoms with Crippen LogP contribution in [0.1, 0.15) is 31.4 Å². The summed E-state index contributed by atoms with van der Waals surface area (Å²) in [5, 5.41) is 5.67. The Morgan fingerprint density at radius 2 is 2.04 bits per heavy atom. The lowest BCUT2D eigenvalue weighted by atomic mass is 9.99. The largest absolute Gasteiger partial charge is 0.379 e. The van der Waals surface area contributed by atoms with Gasteiger partial charge in [-0.1, -0.05) is 11.3 Å². The quantitative estimate of drug-likeness (QED) is 0.848. The number of piperidine rings is 1. The summed E-state index contributed by atoms with van der Waals surface area (Å²) in [5.41, 5.74) is 2.13. The van der Waals surface area contributed by atoms with Crippen LogP contribution in [0.15, 0.2) is 0 Å². The lowest BCUT2D eigenvalue weighted by Crippen LogP contribution is -2.43. The van der Waals surface area contributed by atoms with Crippen LogP contribution in [0.5, 0.6) is 0 Å². The summed E-state index contributed by atoms with van der Waals surface area (Å²) in [6.45, 7) is 8.33. The van der Waals surface area contributed by atoms with E-state index >= 15 is 0 Å². The van der Waals surface area contributed by atoms with Gasteiger partial charge in [0.2, 0.25) is 0 Å². The van der Waals surface area contributed by atoms with Crippen LogP contribution in [0.4, 0.5) is 5.13 Å². The Hall–Kier alpha value is -1.18. The van der Waals surface area contributed by atoms with E-state index in [4.69, 9.17) is 9.72 Å². The molecule has 0 radical (unpaired) electrons. The van der Waals surface area contributed by atoms with Crippen molar-refractivity contribution in [1.82, 2.24) is 19.7 Å². The Labute approximate surface area is 147 Å². The second-order valence-electron chi connectivity index (χ2n) is 6.94. The molecule has 1 atom stereocenters. The van der Waals surface area contributed by atoms with Crippen molar-refractivity contribution in [1.29, 1.82) is 0 Å². The number of hydrogen-bond acceptors (Lipinski definition) is 6. The molecule has 132 valence electrons. The summed E-state index contributed by atoms with van der Waals surface area (Å²) in [7, 11) is 1.99.